The van der Waals surface area contributed by atoms with E-state index in [1.807, 2.05) is 6.92 Å². The Labute approximate surface area is 88.6 Å². The average molecular weight is 216 g/mol. The first kappa shape index (κ1) is 11.2. The molecule has 0 bridgehead atoms. The Morgan fingerprint density at radius 2 is 2.00 bits per heavy atom. The quantitative estimate of drug-likeness (QED) is 0.650. The Morgan fingerprint density at radius 1 is 1.29 bits per heavy atom. The number of hydrogen-bond donors (Lipinski definition) is 2. The van der Waals surface area contributed by atoms with Gasteiger partial charge in [0.2, 0.25) is 0 Å². The number of hydrogen-bond acceptors (Lipinski definition) is 3. The van der Waals surface area contributed by atoms with Crippen molar-refractivity contribution in [3.05, 3.63) is 27.4 Å². The number of rotatable bonds is 0. The molecule has 4 nitrogen and oxygen atoms in total. The zero-order chi connectivity index (χ0) is 9.26. The zero-order valence-electron chi connectivity index (χ0n) is 8.09. The van der Waals surface area contributed by atoms with Crippen molar-refractivity contribution in [2.45, 2.75) is 19.8 Å². The summed E-state index contributed by atoms with van der Waals surface area (Å²) < 4.78 is 0. The van der Waals surface area contributed by atoms with Gasteiger partial charge in [-0.25, -0.2) is 4.98 Å². The number of nitrogens with zero attached hydrogens (tertiary/aromatic N) is 1. The first-order chi connectivity index (χ1) is 6.27. The number of aromatic amines is 1. The van der Waals surface area contributed by atoms with E-state index in [0.717, 1.165) is 37.2 Å². The van der Waals surface area contributed by atoms with Crippen LogP contribution in [-0.4, -0.2) is 23.1 Å². The summed E-state index contributed by atoms with van der Waals surface area (Å²) in [6, 6.07) is 0. The number of halogens is 1. The molecule has 0 fully saturated rings. The molecule has 1 aromatic rings. The van der Waals surface area contributed by atoms with E-state index in [0.29, 0.717) is 5.82 Å². The summed E-state index contributed by atoms with van der Waals surface area (Å²) in [5.74, 6) is 0.714. The largest absolute Gasteiger partial charge is 0.316 e. The molecule has 1 aromatic heterocycles. The fraction of sp³-hybridized carbons (Fsp3) is 0.556. The lowest BCUT2D eigenvalue weighted by atomic mass is 10.1. The maximum Gasteiger partial charge on any atom is 0.254 e. The van der Waals surface area contributed by atoms with Crippen LogP contribution in [0.4, 0.5) is 0 Å². The SMILES string of the molecule is Cc1nc2c(c(=O)[nH]1)CCNCC2.Cl. The first-order valence-electron chi connectivity index (χ1n) is 4.57. The van der Waals surface area contributed by atoms with Crippen LogP contribution in [0.1, 0.15) is 17.1 Å². The second-order valence-electron chi connectivity index (χ2n) is 3.33. The third kappa shape index (κ3) is 2.13. The lowest BCUT2D eigenvalue weighted by Crippen LogP contribution is -2.19. The summed E-state index contributed by atoms with van der Waals surface area (Å²) in [6.07, 6.45) is 1.65. The number of aromatic nitrogens is 2. The van der Waals surface area contributed by atoms with Crippen LogP contribution in [0.2, 0.25) is 0 Å². The van der Waals surface area contributed by atoms with Gasteiger partial charge < -0.3 is 10.3 Å². The lowest BCUT2D eigenvalue weighted by Gasteiger charge is -2.03. The zero-order valence-corrected chi connectivity index (χ0v) is 8.91. The topological polar surface area (TPSA) is 57.8 Å². The molecule has 0 atom stereocenters. The van der Waals surface area contributed by atoms with Gasteiger partial charge in [0.1, 0.15) is 5.82 Å². The Hall–Kier alpha value is -0.870. The van der Waals surface area contributed by atoms with Crippen LogP contribution in [0.25, 0.3) is 0 Å². The molecule has 1 aliphatic heterocycles. The van der Waals surface area contributed by atoms with E-state index in [4.69, 9.17) is 0 Å². The second-order valence-corrected chi connectivity index (χ2v) is 3.33. The number of aryl methyl sites for hydroxylation is 1. The first-order valence-corrected chi connectivity index (χ1v) is 4.57. The van der Waals surface area contributed by atoms with Crippen molar-refractivity contribution in [2.24, 2.45) is 0 Å². The van der Waals surface area contributed by atoms with Crippen LogP contribution in [0.15, 0.2) is 4.79 Å². The van der Waals surface area contributed by atoms with E-state index in [-0.39, 0.29) is 18.0 Å². The van der Waals surface area contributed by atoms with Gasteiger partial charge in [-0.2, -0.15) is 0 Å². The number of H-pyrrole nitrogens is 1. The predicted molar refractivity (Wildman–Crippen MR) is 57.1 cm³/mol. The summed E-state index contributed by atoms with van der Waals surface area (Å²) in [6.45, 7) is 3.61. The fourth-order valence-corrected chi connectivity index (χ4v) is 1.68. The molecule has 2 N–H and O–H groups in total. The smallest absolute Gasteiger partial charge is 0.254 e. The van der Waals surface area contributed by atoms with Crippen LogP contribution < -0.4 is 10.9 Å². The summed E-state index contributed by atoms with van der Waals surface area (Å²) >= 11 is 0. The number of nitrogens with one attached hydrogen (secondary N) is 2. The van der Waals surface area contributed by atoms with Crippen LogP contribution in [0.5, 0.6) is 0 Å². The average Bonchev–Trinajstić information content (AvgIpc) is 2.28. The molecular formula is C9H14ClN3O. The van der Waals surface area contributed by atoms with E-state index in [1.54, 1.807) is 0 Å². The van der Waals surface area contributed by atoms with E-state index < -0.39 is 0 Å². The molecule has 78 valence electrons. The van der Waals surface area contributed by atoms with Crippen molar-refractivity contribution in [1.29, 1.82) is 0 Å². The molecule has 0 saturated heterocycles. The van der Waals surface area contributed by atoms with Crippen molar-refractivity contribution in [3.63, 3.8) is 0 Å². The van der Waals surface area contributed by atoms with Gasteiger partial charge in [0.25, 0.3) is 5.56 Å². The molecule has 0 amide bonds. The lowest BCUT2D eigenvalue weighted by molar-refractivity contribution is 0.708. The van der Waals surface area contributed by atoms with Crippen molar-refractivity contribution < 1.29 is 0 Å². The van der Waals surface area contributed by atoms with Crippen molar-refractivity contribution in [3.8, 4) is 0 Å². The van der Waals surface area contributed by atoms with Gasteiger partial charge in [0, 0.05) is 18.5 Å². The third-order valence-corrected chi connectivity index (χ3v) is 2.31. The Morgan fingerprint density at radius 3 is 2.79 bits per heavy atom. The van der Waals surface area contributed by atoms with Crippen LogP contribution in [-0.2, 0) is 12.8 Å². The van der Waals surface area contributed by atoms with Gasteiger partial charge in [-0.1, -0.05) is 0 Å². The minimum absolute atomic E-state index is 0. The second kappa shape index (κ2) is 4.57. The monoisotopic (exact) mass is 215 g/mol. The van der Waals surface area contributed by atoms with Gasteiger partial charge in [-0.15, -0.1) is 12.4 Å². The molecule has 0 radical (unpaired) electrons. The highest BCUT2D eigenvalue weighted by Crippen LogP contribution is 2.04. The molecular weight excluding hydrogens is 202 g/mol. The highest BCUT2D eigenvalue weighted by molar-refractivity contribution is 5.85. The van der Waals surface area contributed by atoms with Crippen LogP contribution >= 0.6 is 12.4 Å². The summed E-state index contributed by atoms with van der Waals surface area (Å²) in [7, 11) is 0. The maximum absolute atomic E-state index is 11.5. The van der Waals surface area contributed by atoms with Crippen LogP contribution in [0, 0.1) is 6.92 Å². The molecule has 0 saturated carbocycles. The molecule has 2 heterocycles. The van der Waals surface area contributed by atoms with Gasteiger partial charge in [0.05, 0.1) is 5.69 Å². The number of fused-ring (bicyclic) bond motifs is 1. The Balaban J connectivity index is 0.000000980. The third-order valence-electron chi connectivity index (χ3n) is 2.31. The molecule has 0 spiro atoms. The molecule has 0 unspecified atom stereocenters. The standard InChI is InChI=1S/C9H13N3O.ClH/c1-6-11-8-3-5-10-4-2-7(8)9(13)12-6;/h10H,2-5H2,1H3,(H,11,12,13);1H. The highest BCUT2D eigenvalue weighted by Gasteiger charge is 2.12. The van der Waals surface area contributed by atoms with Gasteiger partial charge in [0.15, 0.2) is 0 Å². The minimum atomic E-state index is 0. The molecule has 5 heteroatoms. The molecule has 0 aliphatic carbocycles. The molecule has 2 rings (SSSR count). The van der Waals surface area contributed by atoms with E-state index in [2.05, 4.69) is 15.3 Å². The summed E-state index contributed by atoms with van der Waals surface area (Å²) in [5, 5.41) is 3.25. The fourth-order valence-electron chi connectivity index (χ4n) is 1.68. The highest BCUT2D eigenvalue weighted by atomic mass is 35.5. The summed E-state index contributed by atoms with van der Waals surface area (Å²) in [4.78, 5) is 18.6. The predicted octanol–water partition coefficient (Wildman–Crippen LogP) is 0.188. The normalized spacial score (nSPS) is 15.2. The van der Waals surface area contributed by atoms with E-state index >= 15 is 0 Å². The van der Waals surface area contributed by atoms with Crippen molar-refractivity contribution in [1.82, 2.24) is 15.3 Å². The van der Waals surface area contributed by atoms with Crippen LogP contribution in [0.3, 0.4) is 0 Å². The van der Waals surface area contributed by atoms with E-state index in [9.17, 15) is 4.79 Å². The maximum atomic E-state index is 11.5. The Bertz CT molecular complexity index is 375. The van der Waals surface area contributed by atoms with Gasteiger partial charge in [-0.3, -0.25) is 4.79 Å². The molecule has 1 aliphatic rings. The summed E-state index contributed by atoms with van der Waals surface area (Å²) in [5.41, 5.74) is 1.85. The van der Waals surface area contributed by atoms with Gasteiger partial charge in [-0.05, 0) is 19.9 Å². The van der Waals surface area contributed by atoms with Gasteiger partial charge >= 0.3 is 0 Å². The molecule has 14 heavy (non-hydrogen) atoms. The minimum Gasteiger partial charge on any atom is -0.316 e. The van der Waals surface area contributed by atoms with Crippen molar-refractivity contribution in [2.75, 3.05) is 13.1 Å². The van der Waals surface area contributed by atoms with Crippen molar-refractivity contribution >= 4 is 12.4 Å². The molecule has 0 aromatic carbocycles. The van der Waals surface area contributed by atoms with E-state index in [1.165, 1.54) is 0 Å². The Kier molecular flexibility index (Phi) is 3.66.